The number of rotatable bonds is 2. The van der Waals surface area contributed by atoms with Crippen molar-refractivity contribution in [1.29, 1.82) is 0 Å². The summed E-state index contributed by atoms with van der Waals surface area (Å²) in [6, 6.07) is 8.70. The van der Waals surface area contributed by atoms with E-state index in [1.807, 2.05) is 12.1 Å². The van der Waals surface area contributed by atoms with Gasteiger partial charge in [0.1, 0.15) is 0 Å². The molecule has 0 aliphatic heterocycles. The lowest BCUT2D eigenvalue weighted by Crippen LogP contribution is -2.21. The maximum atomic E-state index is 4.22. The highest BCUT2D eigenvalue weighted by atomic mass is 15.2. The van der Waals surface area contributed by atoms with Gasteiger partial charge in [-0.25, -0.2) is 0 Å². The first-order valence-electron chi connectivity index (χ1n) is 6.05. The summed E-state index contributed by atoms with van der Waals surface area (Å²) in [6.07, 6.45) is 9.68. The molecular weight excluding hydrogens is 210 g/mol. The number of allylic oxidation sites excluding steroid dienone is 1. The van der Waals surface area contributed by atoms with Gasteiger partial charge < -0.3 is 5.32 Å². The fraction of sp³-hybridized carbons (Fsp3) is 0.286. The molecule has 1 aliphatic carbocycles. The van der Waals surface area contributed by atoms with Gasteiger partial charge in [-0.1, -0.05) is 36.4 Å². The lowest BCUT2D eigenvalue weighted by Gasteiger charge is -2.20. The summed E-state index contributed by atoms with van der Waals surface area (Å²) in [6.45, 7) is 0. The summed E-state index contributed by atoms with van der Waals surface area (Å²) >= 11 is 0. The Bertz CT molecular complexity index is 543. The molecule has 1 N–H and O–H groups in total. The molecule has 1 aliphatic rings. The Morgan fingerprint density at radius 2 is 2.12 bits per heavy atom. The second kappa shape index (κ2) is 4.53. The van der Waals surface area contributed by atoms with Crippen molar-refractivity contribution in [3.8, 4) is 0 Å². The van der Waals surface area contributed by atoms with Crippen LogP contribution in [0.25, 0.3) is 10.8 Å². The summed E-state index contributed by atoms with van der Waals surface area (Å²) in [5.41, 5.74) is 0. The van der Waals surface area contributed by atoms with Crippen molar-refractivity contribution in [3.05, 3.63) is 42.6 Å². The van der Waals surface area contributed by atoms with Gasteiger partial charge >= 0.3 is 0 Å². The van der Waals surface area contributed by atoms with Gasteiger partial charge in [-0.05, 0) is 19.3 Å². The number of fused-ring (bicyclic) bond motifs is 1. The third-order valence-electron chi connectivity index (χ3n) is 3.18. The van der Waals surface area contributed by atoms with E-state index in [1.165, 1.54) is 6.42 Å². The van der Waals surface area contributed by atoms with Crippen LogP contribution in [-0.2, 0) is 0 Å². The average molecular weight is 225 g/mol. The number of hydrogen-bond donors (Lipinski definition) is 1. The fourth-order valence-corrected chi connectivity index (χ4v) is 2.25. The zero-order valence-electron chi connectivity index (χ0n) is 9.63. The van der Waals surface area contributed by atoms with E-state index in [0.717, 1.165) is 29.4 Å². The molecule has 2 aromatic rings. The van der Waals surface area contributed by atoms with Crippen molar-refractivity contribution < 1.29 is 0 Å². The number of hydrogen-bond acceptors (Lipinski definition) is 3. The number of anilines is 1. The Hall–Kier alpha value is -1.90. The van der Waals surface area contributed by atoms with Crippen molar-refractivity contribution >= 4 is 16.6 Å². The largest absolute Gasteiger partial charge is 0.365 e. The highest BCUT2D eigenvalue weighted by Crippen LogP contribution is 2.22. The van der Waals surface area contributed by atoms with Crippen LogP contribution in [0.5, 0.6) is 0 Å². The smallest absolute Gasteiger partial charge is 0.156 e. The molecule has 17 heavy (non-hydrogen) atoms. The van der Waals surface area contributed by atoms with E-state index < -0.39 is 0 Å². The zero-order valence-corrected chi connectivity index (χ0v) is 9.63. The zero-order chi connectivity index (χ0) is 11.5. The monoisotopic (exact) mass is 225 g/mol. The van der Waals surface area contributed by atoms with Gasteiger partial charge in [0.15, 0.2) is 5.82 Å². The molecule has 1 heterocycles. The minimum absolute atomic E-state index is 0.486. The summed E-state index contributed by atoms with van der Waals surface area (Å²) in [5.74, 6) is 0.906. The second-order valence-electron chi connectivity index (χ2n) is 4.41. The Labute approximate surface area is 101 Å². The molecule has 0 radical (unpaired) electrons. The first kappa shape index (κ1) is 10.3. The molecule has 0 amide bonds. The Kier molecular flexibility index (Phi) is 2.74. The van der Waals surface area contributed by atoms with Crippen LogP contribution in [0.3, 0.4) is 0 Å². The van der Waals surface area contributed by atoms with E-state index in [4.69, 9.17) is 0 Å². The van der Waals surface area contributed by atoms with Crippen molar-refractivity contribution in [2.45, 2.75) is 25.3 Å². The number of nitrogens with zero attached hydrogens (tertiary/aromatic N) is 2. The minimum atomic E-state index is 0.486. The molecule has 0 spiro atoms. The van der Waals surface area contributed by atoms with Crippen molar-refractivity contribution in [1.82, 2.24) is 10.2 Å². The topological polar surface area (TPSA) is 37.8 Å². The minimum Gasteiger partial charge on any atom is -0.365 e. The van der Waals surface area contributed by atoms with Gasteiger partial charge in [-0.3, -0.25) is 0 Å². The lowest BCUT2D eigenvalue weighted by atomic mass is 10.0. The highest BCUT2D eigenvalue weighted by molar-refractivity contribution is 5.90. The van der Waals surface area contributed by atoms with Crippen molar-refractivity contribution in [2.75, 3.05) is 5.32 Å². The number of benzene rings is 1. The van der Waals surface area contributed by atoms with Crippen LogP contribution in [0, 0.1) is 0 Å². The van der Waals surface area contributed by atoms with E-state index >= 15 is 0 Å². The normalized spacial score (nSPS) is 19.4. The summed E-state index contributed by atoms with van der Waals surface area (Å²) in [4.78, 5) is 0. The maximum absolute atomic E-state index is 4.22. The fourth-order valence-electron chi connectivity index (χ4n) is 2.25. The molecular formula is C14H15N3. The van der Waals surface area contributed by atoms with E-state index in [-0.39, 0.29) is 0 Å². The van der Waals surface area contributed by atoms with Crippen LogP contribution in [0.15, 0.2) is 42.6 Å². The molecule has 0 saturated heterocycles. The molecule has 1 aromatic heterocycles. The maximum Gasteiger partial charge on any atom is 0.156 e. The van der Waals surface area contributed by atoms with Gasteiger partial charge in [0.05, 0.1) is 6.20 Å². The summed E-state index contributed by atoms with van der Waals surface area (Å²) in [7, 11) is 0. The van der Waals surface area contributed by atoms with Crippen LogP contribution in [0.1, 0.15) is 19.3 Å². The van der Waals surface area contributed by atoms with Crippen molar-refractivity contribution in [3.63, 3.8) is 0 Å². The molecule has 3 rings (SSSR count). The first-order chi connectivity index (χ1) is 8.43. The van der Waals surface area contributed by atoms with Gasteiger partial charge in [0.25, 0.3) is 0 Å². The number of aromatic nitrogens is 2. The molecule has 86 valence electrons. The standard InChI is InChI=1S/C14H15N3/c1-2-7-12(8-3-1)16-14-13-9-5-4-6-11(13)10-15-17-14/h1-2,4-6,9-10,12H,3,7-8H2,(H,16,17). The predicted molar refractivity (Wildman–Crippen MR) is 69.9 cm³/mol. The molecule has 3 heteroatoms. The predicted octanol–water partition coefficient (Wildman–Crippen LogP) is 3.15. The Morgan fingerprint density at radius 3 is 3.00 bits per heavy atom. The Balaban J connectivity index is 1.92. The summed E-state index contributed by atoms with van der Waals surface area (Å²) < 4.78 is 0. The average Bonchev–Trinajstić information content (AvgIpc) is 2.40. The molecule has 1 atom stereocenters. The van der Waals surface area contributed by atoms with Crippen LogP contribution in [-0.4, -0.2) is 16.2 Å². The Morgan fingerprint density at radius 1 is 1.18 bits per heavy atom. The second-order valence-corrected chi connectivity index (χ2v) is 4.41. The molecule has 1 unspecified atom stereocenters. The summed E-state index contributed by atoms with van der Waals surface area (Å²) in [5, 5.41) is 14.0. The van der Waals surface area contributed by atoms with E-state index in [2.05, 4.69) is 39.8 Å². The van der Waals surface area contributed by atoms with Gasteiger partial charge in [0, 0.05) is 16.8 Å². The van der Waals surface area contributed by atoms with Crippen LogP contribution in [0.4, 0.5) is 5.82 Å². The molecule has 0 saturated carbocycles. The van der Waals surface area contributed by atoms with Crippen LogP contribution >= 0.6 is 0 Å². The van der Waals surface area contributed by atoms with E-state index in [0.29, 0.717) is 6.04 Å². The molecule has 0 bridgehead atoms. The van der Waals surface area contributed by atoms with Crippen LogP contribution < -0.4 is 5.32 Å². The molecule has 0 fully saturated rings. The van der Waals surface area contributed by atoms with Gasteiger partial charge in [-0.2, -0.15) is 5.10 Å². The van der Waals surface area contributed by atoms with Gasteiger partial charge in [-0.15, -0.1) is 5.10 Å². The highest BCUT2D eigenvalue weighted by Gasteiger charge is 2.11. The molecule has 1 aromatic carbocycles. The van der Waals surface area contributed by atoms with Crippen molar-refractivity contribution in [2.24, 2.45) is 0 Å². The van der Waals surface area contributed by atoms with Crippen LogP contribution in [0.2, 0.25) is 0 Å². The van der Waals surface area contributed by atoms with E-state index in [9.17, 15) is 0 Å². The quantitative estimate of drug-likeness (QED) is 0.798. The van der Waals surface area contributed by atoms with Gasteiger partial charge in [0.2, 0.25) is 0 Å². The van der Waals surface area contributed by atoms with E-state index in [1.54, 1.807) is 6.20 Å². The number of nitrogens with one attached hydrogen (secondary N) is 1. The third kappa shape index (κ3) is 2.13. The third-order valence-corrected chi connectivity index (χ3v) is 3.18. The first-order valence-corrected chi connectivity index (χ1v) is 6.05. The molecule has 3 nitrogen and oxygen atoms in total. The lowest BCUT2D eigenvalue weighted by molar-refractivity contribution is 0.641. The SMILES string of the molecule is C1=CCC(Nc2nncc3ccccc23)CC1.